The lowest BCUT2D eigenvalue weighted by molar-refractivity contribution is 0.696. The number of hydrogen-bond acceptors (Lipinski definition) is 1. The van der Waals surface area contributed by atoms with Gasteiger partial charge in [0.1, 0.15) is 7.85 Å². The van der Waals surface area contributed by atoms with Gasteiger partial charge in [-0.1, -0.05) is 89.9 Å². The Bertz CT molecular complexity index is 959. The summed E-state index contributed by atoms with van der Waals surface area (Å²) in [5.74, 6) is 0.211. The van der Waals surface area contributed by atoms with Crippen LogP contribution in [-0.2, 0) is 13.0 Å². The fourth-order valence-electron chi connectivity index (χ4n) is 3.14. The Morgan fingerprint density at radius 1 is 0.793 bits per heavy atom. The van der Waals surface area contributed by atoms with Gasteiger partial charge in [-0.2, -0.15) is 0 Å². The van der Waals surface area contributed by atoms with Crippen LogP contribution >= 0.6 is 23.2 Å². The average molecular weight is 421 g/mol. The molecular formula is C24H23BCl2N2. The standard InChI is InChI=1S/C13H11BCl2.C11H12N2/c14-13(9-5-1-3-7-11(9)15)10-6-2-4-8-12(10)16;1-2-4-11(5-3-1)6-8-13-9-7-12-10-13/h1-8,13H,14H2;1-5,7,9-10H,6,8H2. The summed E-state index contributed by atoms with van der Waals surface area (Å²) in [7, 11) is 2.11. The van der Waals surface area contributed by atoms with Crippen molar-refractivity contribution in [3.63, 3.8) is 0 Å². The molecule has 2 nitrogen and oxygen atoms in total. The molecule has 0 saturated carbocycles. The number of benzene rings is 3. The van der Waals surface area contributed by atoms with Gasteiger partial charge in [-0.25, -0.2) is 4.98 Å². The molecule has 5 heteroatoms. The van der Waals surface area contributed by atoms with Crippen molar-refractivity contribution in [1.29, 1.82) is 0 Å². The van der Waals surface area contributed by atoms with Crippen LogP contribution in [0.5, 0.6) is 0 Å². The molecule has 0 radical (unpaired) electrons. The van der Waals surface area contributed by atoms with E-state index < -0.39 is 0 Å². The number of aromatic nitrogens is 2. The van der Waals surface area contributed by atoms with E-state index >= 15 is 0 Å². The summed E-state index contributed by atoms with van der Waals surface area (Å²) in [5.41, 5.74) is 3.59. The van der Waals surface area contributed by atoms with E-state index in [9.17, 15) is 0 Å². The van der Waals surface area contributed by atoms with E-state index in [1.54, 1.807) is 0 Å². The summed E-state index contributed by atoms with van der Waals surface area (Å²) < 4.78 is 2.09. The van der Waals surface area contributed by atoms with Crippen molar-refractivity contribution in [2.75, 3.05) is 0 Å². The maximum Gasteiger partial charge on any atom is 0.117 e. The monoisotopic (exact) mass is 420 g/mol. The molecule has 0 unspecified atom stereocenters. The van der Waals surface area contributed by atoms with E-state index in [4.69, 9.17) is 23.2 Å². The molecule has 0 fully saturated rings. The highest BCUT2D eigenvalue weighted by molar-refractivity contribution is 6.34. The van der Waals surface area contributed by atoms with Crippen molar-refractivity contribution < 1.29 is 0 Å². The zero-order chi connectivity index (χ0) is 20.5. The fourth-order valence-corrected chi connectivity index (χ4v) is 3.74. The fraction of sp³-hybridized carbons (Fsp3) is 0.125. The van der Waals surface area contributed by atoms with Crippen LogP contribution < -0.4 is 0 Å². The number of nitrogens with zero attached hydrogens (tertiary/aromatic N) is 2. The van der Waals surface area contributed by atoms with Crippen LogP contribution in [0.25, 0.3) is 0 Å². The van der Waals surface area contributed by atoms with Gasteiger partial charge in [-0.15, -0.1) is 0 Å². The molecule has 4 aromatic rings. The minimum absolute atomic E-state index is 0.211. The molecule has 0 amide bonds. The zero-order valence-corrected chi connectivity index (χ0v) is 17.9. The molecule has 1 heterocycles. The van der Waals surface area contributed by atoms with Crippen LogP contribution in [0.3, 0.4) is 0 Å². The highest BCUT2D eigenvalue weighted by Crippen LogP contribution is 2.31. The van der Waals surface area contributed by atoms with Gasteiger partial charge in [-0.3, -0.25) is 0 Å². The van der Waals surface area contributed by atoms with Crippen LogP contribution in [0.2, 0.25) is 10.0 Å². The molecular weight excluding hydrogens is 398 g/mol. The molecule has 29 heavy (non-hydrogen) atoms. The van der Waals surface area contributed by atoms with Gasteiger partial charge in [0.25, 0.3) is 0 Å². The Kier molecular flexibility index (Phi) is 7.98. The maximum atomic E-state index is 6.18. The second-order valence-corrected chi connectivity index (χ2v) is 7.62. The summed E-state index contributed by atoms with van der Waals surface area (Å²) in [4.78, 5) is 4.00. The van der Waals surface area contributed by atoms with E-state index in [0.717, 1.165) is 34.1 Å². The summed E-state index contributed by atoms with van der Waals surface area (Å²) >= 11 is 12.4. The number of imidazole rings is 1. The Hall–Kier alpha value is -2.49. The molecule has 0 N–H and O–H groups in total. The van der Waals surface area contributed by atoms with Gasteiger partial charge in [0, 0.05) is 29.0 Å². The van der Waals surface area contributed by atoms with Gasteiger partial charge < -0.3 is 4.57 Å². The van der Waals surface area contributed by atoms with Crippen LogP contribution in [0.4, 0.5) is 0 Å². The van der Waals surface area contributed by atoms with Gasteiger partial charge in [-0.05, 0) is 41.1 Å². The summed E-state index contributed by atoms with van der Waals surface area (Å²) in [5, 5.41) is 1.57. The van der Waals surface area contributed by atoms with Crippen molar-refractivity contribution in [3.05, 3.63) is 124 Å². The van der Waals surface area contributed by atoms with Crippen LogP contribution in [-0.4, -0.2) is 17.4 Å². The van der Waals surface area contributed by atoms with Gasteiger partial charge >= 0.3 is 0 Å². The topological polar surface area (TPSA) is 17.8 Å². The Labute approximate surface area is 183 Å². The predicted octanol–water partition coefficient (Wildman–Crippen LogP) is 5.84. The molecule has 3 aromatic carbocycles. The van der Waals surface area contributed by atoms with E-state index in [0.29, 0.717) is 0 Å². The molecule has 0 aliphatic rings. The molecule has 0 aliphatic carbocycles. The number of hydrogen-bond donors (Lipinski definition) is 0. The highest BCUT2D eigenvalue weighted by atomic mass is 35.5. The van der Waals surface area contributed by atoms with Crippen LogP contribution in [0, 0.1) is 0 Å². The van der Waals surface area contributed by atoms with Gasteiger partial charge in [0.15, 0.2) is 0 Å². The normalized spacial score (nSPS) is 10.4. The second-order valence-electron chi connectivity index (χ2n) is 6.80. The number of aryl methyl sites for hydroxylation is 2. The largest absolute Gasteiger partial charge is 0.337 e. The first kappa shape index (κ1) is 21.2. The molecule has 4 rings (SSSR count). The van der Waals surface area contributed by atoms with E-state index in [2.05, 4.69) is 41.7 Å². The van der Waals surface area contributed by atoms with Crippen molar-refractivity contribution in [1.82, 2.24) is 9.55 Å². The number of rotatable bonds is 5. The van der Waals surface area contributed by atoms with Crippen molar-refractivity contribution >= 4 is 31.0 Å². The summed E-state index contributed by atoms with van der Waals surface area (Å²) in [6.07, 6.45) is 6.72. The quantitative estimate of drug-likeness (QED) is 0.370. The molecule has 0 saturated heterocycles. The lowest BCUT2D eigenvalue weighted by atomic mass is 9.76. The Balaban J connectivity index is 0.000000169. The van der Waals surface area contributed by atoms with E-state index in [1.807, 2.05) is 73.3 Å². The highest BCUT2D eigenvalue weighted by Gasteiger charge is 2.13. The molecule has 1 aromatic heterocycles. The summed E-state index contributed by atoms with van der Waals surface area (Å²) in [6.45, 7) is 1.00. The van der Waals surface area contributed by atoms with Gasteiger partial charge in [0.05, 0.1) is 6.33 Å². The first-order valence-electron chi connectivity index (χ1n) is 9.63. The van der Waals surface area contributed by atoms with E-state index in [1.165, 1.54) is 5.56 Å². The molecule has 0 aliphatic heterocycles. The molecule has 0 atom stereocenters. The first-order chi connectivity index (χ1) is 14.1. The minimum Gasteiger partial charge on any atom is -0.337 e. The first-order valence-corrected chi connectivity index (χ1v) is 10.4. The lowest BCUT2D eigenvalue weighted by Crippen LogP contribution is -2.01. The third-order valence-corrected chi connectivity index (χ3v) is 5.49. The Morgan fingerprint density at radius 2 is 1.34 bits per heavy atom. The third kappa shape index (κ3) is 6.25. The van der Waals surface area contributed by atoms with Crippen LogP contribution in [0.1, 0.15) is 22.5 Å². The van der Waals surface area contributed by atoms with Crippen molar-refractivity contribution in [3.8, 4) is 0 Å². The zero-order valence-electron chi connectivity index (χ0n) is 16.4. The number of halogens is 2. The maximum absolute atomic E-state index is 6.18. The molecule has 0 spiro atoms. The van der Waals surface area contributed by atoms with Crippen molar-refractivity contribution in [2.24, 2.45) is 0 Å². The molecule has 146 valence electrons. The van der Waals surface area contributed by atoms with Crippen molar-refractivity contribution in [2.45, 2.75) is 18.8 Å². The Morgan fingerprint density at radius 3 is 1.86 bits per heavy atom. The van der Waals surface area contributed by atoms with Gasteiger partial charge in [0.2, 0.25) is 0 Å². The van der Waals surface area contributed by atoms with Crippen LogP contribution in [0.15, 0.2) is 97.6 Å². The second kappa shape index (κ2) is 10.9. The smallest absolute Gasteiger partial charge is 0.117 e. The molecule has 0 bridgehead atoms. The average Bonchev–Trinajstić information content (AvgIpc) is 3.28. The lowest BCUT2D eigenvalue weighted by Gasteiger charge is -2.15. The SMILES string of the molecule is BC(c1ccccc1Cl)c1ccccc1Cl.c1ccc(CCn2ccnc2)cc1. The third-order valence-electron chi connectivity index (χ3n) is 4.80. The minimum atomic E-state index is 0.211. The summed E-state index contributed by atoms with van der Waals surface area (Å²) in [6, 6.07) is 26.2. The van der Waals surface area contributed by atoms with E-state index in [-0.39, 0.29) is 5.82 Å². The predicted molar refractivity (Wildman–Crippen MR) is 126 cm³/mol.